The maximum Gasteiger partial charge on any atom is 0.257 e. The van der Waals surface area contributed by atoms with E-state index < -0.39 is 0 Å². The fraction of sp³-hybridized carbons (Fsp3) is 0.125. The summed E-state index contributed by atoms with van der Waals surface area (Å²) < 4.78 is 20.2. The molecule has 0 aliphatic heterocycles. The molecule has 0 saturated heterocycles. The van der Waals surface area contributed by atoms with Gasteiger partial charge in [-0.25, -0.2) is 4.39 Å². The molecule has 4 rings (SSSR count). The lowest BCUT2D eigenvalue weighted by atomic mass is 10.2. The van der Waals surface area contributed by atoms with Crippen LogP contribution in [0.2, 0.25) is 0 Å². The van der Waals surface area contributed by atoms with Gasteiger partial charge < -0.3 is 9.09 Å². The number of benzene rings is 1. The molecule has 0 N–H and O–H groups in total. The average Bonchev–Trinajstić information content (AvgIpc) is 3.34. The van der Waals surface area contributed by atoms with Crippen LogP contribution < -0.4 is 0 Å². The molecule has 0 radical (unpaired) electrons. The van der Waals surface area contributed by atoms with Gasteiger partial charge in [0, 0.05) is 12.6 Å². The molecule has 25 heavy (non-hydrogen) atoms. The van der Waals surface area contributed by atoms with Crippen molar-refractivity contribution in [2.75, 3.05) is 0 Å². The first-order chi connectivity index (χ1) is 12.2. The van der Waals surface area contributed by atoms with E-state index in [-0.39, 0.29) is 5.82 Å². The first-order valence-electron chi connectivity index (χ1n) is 7.35. The van der Waals surface area contributed by atoms with Gasteiger partial charge in [-0.05, 0) is 35.7 Å². The molecule has 0 saturated carbocycles. The van der Waals surface area contributed by atoms with Gasteiger partial charge in [0.2, 0.25) is 0 Å². The summed E-state index contributed by atoms with van der Waals surface area (Å²) in [6.45, 7) is 0. The summed E-state index contributed by atoms with van der Waals surface area (Å²) in [7, 11) is 1.93. The molecule has 0 spiro atoms. The Labute approximate surface area is 150 Å². The third-order valence-electron chi connectivity index (χ3n) is 3.47. The Morgan fingerprint density at radius 2 is 2.04 bits per heavy atom. The highest BCUT2D eigenvalue weighted by Gasteiger charge is 2.14. The van der Waals surface area contributed by atoms with Crippen LogP contribution in [0.3, 0.4) is 0 Å². The molecule has 3 heterocycles. The molecule has 0 aliphatic rings. The zero-order chi connectivity index (χ0) is 17.2. The Kier molecular flexibility index (Phi) is 4.33. The molecule has 4 aromatic rings. The van der Waals surface area contributed by atoms with Crippen molar-refractivity contribution in [3.8, 4) is 22.2 Å². The maximum atomic E-state index is 13.0. The minimum Gasteiger partial charge on any atom is -0.334 e. The quantitative estimate of drug-likeness (QED) is 0.492. The SMILES string of the molecule is Cn1c(SCc2noc(-c3ccc(F)cc3)n2)nnc1-c1cccs1. The minimum atomic E-state index is -0.303. The van der Waals surface area contributed by atoms with E-state index >= 15 is 0 Å². The number of thioether (sulfide) groups is 1. The van der Waals surface area contributed by atoms with E-state index in [2.05, 4.69) is 20.3 Å². The van der Waals surface area contributed by atoms with Crippen LogP contribution in [0.5, 0.6) is 0 Å². The highest BCUT2D eigenvalue weighted by Crippen LogP contribution is 2.27. The van der Waals surface area contributed by atoms with Gasteiger partial charge >= 0.3 is 0 Å². The van der Waals surface area contributed by atoms with E-state index in [1.807, 2.05) is 29.1 Å². The first-order valence-corrected chi connectivity index (χ1v) is 9.22. The van der Waals surface area contributed by atoms with Crippen molar-refractivity contribution in [2.45, 2.75) is 10.9 Å². The van der Waals surface area contributed by atoms with Crippen molar-refractivity contribution < 1.29 is 8.91 Å². The van der Waals surface area contributed by atoms with Crippen molar-refractivity contribution in [3.63, 3.8) is 0 Å². The molecule has 9 heteroatoms. The third kappa shape index (κ3) is 3.33. The van der Waals surface area contributed by atoms with Crippen molar-refractivity contribution in [1.82, 2.24) is 24.9 Å². The van der Waals surface area contributed by atoms with Gasteiger partial charge in [0.25, 0.3) is 5.89 Å². The number of thiophene rings is 1. The molecule has 1 aromatic carbocycles. The van der Waals surface area contributed by atoms with Gasteiger partial charge in [-0.1, -0.05) is 23.0 Å². The predicted octanol–water partition coefficient (Wildman–Crippen LogP) is 4.03. The van der Waals surface area contributed by atoms with Gasteiger partial charge in [0.15, 0.2) is 16.8 Å². The number of hydrogen-bond acceptors (Lipinski definition) is 7. The molecule has 0 bridgehead atoms. The highest BCUT2D eigenvalue weighted by molar-refractivity contribution is 7.98. The summed E-state index contributed by atoms with van der Waals surface area (Å²) in [5.74, 6) is 1.94. The Balaban J connectivity index is 1.46. The number of aromatic nitrogens is 5. The fourth-order valence-electron chi connectivity index (χ4n) is 2.21. The van der Waals surface area contributed by atoms with Gasteiger partial charge in [-0.15, -0.1) is 21.5 Å². The number of nitrogens with zero attached hydrogens (tertiary/aromatic N) is 5. The summed E-state index contributed by atoms with van der Waals surface area (Å²) in [5, 5.41) is 15.2. The smallest absolute Gasteiger partial charge is 0.257 e. The highest BCUT2D eigenvalue weighted by atomic mass is 32.2. The second kappa shape index (κ2) is 6.77. The summed E-state index contributed by atoms with van der Waals surface area (Å²) in [5.41, 5.74) is 0.684. The molecule has 0 unspecified atom stereocenters. The van der Waals surface area contributed by atoms with Crippen LogP contribution in [-0.4, -0.2) is 24.9 Å². The summed E-state index contributed by atoms with van der Waals surface area (Å²) in [4.78, 5) is 5.40. The van der Waals surface area contributed by atoms with Gasteiger partial charge in [-0.3, -0.25) is 0 Å². The standard InChI is InChI=1S/C16H12FN5OS2/c1-22-14(12-3-2-8-24-12)19-20-16(22)25-9-13-18-15(23-21-13)10-4-6-11(17)7-5-10/h2-8H,9H2,1H3. The maximum absolute atomic E-state index is 13.0. The van der Waals surface area contributed by atoms with E-state index in [1.165, 1.54) is 23.9 Å². The van der Waals surface area contributed by atoms with Crippen molar-refractivity contribution >= 4 is 23.1 Å². The second-order valence-electron chi connectivity index (χ2n) is 5.15. The molecule has 0 atom stereocenters. The molecule has 0 aliphatic carbocycles. The molecular formula is C16H12FN5OS2. The Hall–Kier alpha value is -2.52. The van der Waals surface area contributed by atoms with E-state index in [0.717, 1.165) is 15.9 Å². The van der Waals surface area contributed by atoms with Gasteiger partial charge in [0.1, 0.15) is 5.82 Å². The number of rotatable bonds is 5. The van der Waals surface area contributed by atoms with E-state index in [9.17, 15) is 4.39 Å². The molecule has 0 fully saturated rings. The zero-order valence-electron chi connectivity index (χ0n) is 13.1. The lowest BCUT2D eigenvalue weighted by Gasteiger charge is -2.00. The lowest BCUT2D eigenvalue weighted by Crippen LogP contribution is -1.94. The molecule has 126 valence electrons. The van der Waals surface area contributed by atoms with E-state index in [4.69, 9.17) is 4.52 Å². The predicted molar refractivity (Wildman–Crippen MR) is 93.6 cm³/mol. The van der Waals surface area contributed by atoms with Crippen LogP contribution in [-0.2, 0) is 12.8 Å². The lowest BCUT2D eigenvalue weighted by molar-refractivity contribution is 0.425. The molecule has 6 nitrogen and oxygen atoms in total. The second-order valence-corrected chi connectivity index (χ2v) is 7.04. The van der Waals surface area contributed by atoms with Gasteiger partial charge in [0.05, 0.1) is 10.6 Å². The van der Waals surface area contributed by atoms with Crippen molar-refractivity contribution in [2.24, 2.45) is 7.05 Å². The van der Waals surface area contributed by atoms with E-state index in [0.29, 0.717) is 23.0 Å². The molecule has 0 amide bonds. The number of halogens is 1. The van der Waals surface area contributed by atoms with Crippen molar-refractivity contribution in [3.05, 3.63) is 53.4 Å². The van der Waals surface area contributed by atoms with Gasteiger partial charge in [-0.2, -0.15) is 4.98 Å². The Bertz CT molecular complexity index is 979. The summed E-state index contributed by atoms with van der Waals surface area (Å²) >= 11 is 3.10. The number of hydrogen-bond donors (Lipinski definition) is 0. The van der Waals surface area contributed by atoms with Crippen LogP contribution >= 0.6 is 23.1 Å². The summed E-state index contributed by atoms with van der Waals surface area (Å²) in [6, 6.07) is 9.93. The summed E-state index contributed by atoms with van der Waals surface area (Å²) in [6.07, 6.45) is 0. The zero-order valence-corrected chi connectivity index (χ0v) is 14.7. The molecular weight excluding hydrogens is 361 g/mol. The van der Waals surface area contributed by atoms with Crippen molar-refractivity contribution in [1.29, 1.82) is 0 Å². The molecule has 3 aromatic heterocycles. The van der Waals surface area contributed by atoms with Crippen LogP contribution in [0.25, 0.3) is 22.2 Å². The first kappa shape index (κ1) is 16.0. The van der Waals surface area contributed by atoms with Crippen LogP contribution in [0, 0.1) is 5.82 Å². The van der Waals surface area contributed by atoms with Crippen LogP contribution in [0.15, 0.2) is 51.5 Å². The topological polar surface area (TPSA) is 69.6 Å². The Morgan fingerprint density at radius 1 is 1.20 bits per heavy atom. The van der Waals surface area contributed by atoms with Crippen LogP contribution in [0.1, 0.15) is 5.82 Å². The minimum absolute atomic E-state index is 0.303. The van der Waals surface area contributed by atoms with E-state index in [1.54, 1.807) is 23.5 Å². The largest absolute Gasteiger partial charge is 0.334 e. The fourth-order valence-corrected chi connectivity index (χ4v) is 3.71. The average molecular weight is 373 g/mol. The van der Waals surface area contributed by atoms with Crippen LogP contribution in [0.4, 0.5) is 4.39 Å². The third-order valence-corrected chi connectivity index (χ3v) is 5.35. The Morgan fingerprint density at radius 3 is 2.80 bits per heavy atom. The normalized spacial score (nSPS) is 11.1. The monoisotopic (exact) mass is 373 g/mol.